The Kier molecular flexibility index (Phi) is 5.24. The zero-order chi connectivity index (χ0) is 20.1. The molecule has 6 heteroatoms. The molecule has 1 aromatic heterocycles. The van der Waals surface area contributed by atoms with Crippen molar-refractivity contribution in [3.8, 4) is 11.5 Å². The van der Waals surface area contributed by atoms with E-state index in [1.54, 1.807) is 18.3 Å². The Hall–Kier alpha value is -3.67. The van der Waals surface area contributed by atoms with Gasteiger partial charge in [0.2, 0.25) is 11.8 Å². The summed E-state index contributed by atoms with van der Waals surface area (Å²) in [7, 11) is 0. The second-order valence-corrected chi connectivity index (χ2v) is 6.95. The normalized spacial score (nSPS) is 13.9. The third-order valence-electron chi connectivity index (χ3n) is 4.88. The number of para-hydroxylation sites is 3. The van der Waals surface area contributed by atoms with E-state index in [0.717, 1.165) is 5.69 Å². The fourth-order valence-electron chi connectivity index (χ4n) is 3.04. The Morgan fingerprint density at radius 1 is 0.897 bits per heavy atom. The first kappa shape index (κ1) is 18.7. The molecule has 146 valence electrons. The number of ether oxygens (including phenoxy) is 1. The molecule has 2 aromatic carbocycles. The maximum absolute atomic E-state index is 12.9. The van der Waals surface area contributed by atoms with E-state index < -0.39 is 5.41 Å². The second kappa shape index (κ2) is 8.14. The van der Waals surface area contributed by atoms with E-state index >= 15 is 0 Å². The van der Waals surface area contributed by atoms with Crippen molar-refractivity contribution in [1.29, 1.82) is 0 Å². The fraction of sp³-hybridized carbons (Fsp3) is 0.174. The van der Waals surface area contributed by atoms with Crippen molar-refractivity contribution >= 4 is 17.5 Å². The monoisotopic (exact) mass is 387 g/mol. The fourth-order valence-corrected chi connectivity index (χ4v) is 3.04. The van der Waals surface area contributed by atoms with Crippen molar-refractivity contribution in [2.75, 3.05) is 5.32 Å². The Balaban J connectivity index is 1.43. The van der Waals surface area contributed by atoms with Crippen LogP contribution in [0.2, 0.25) is 0 Å². The lowest BCUT2D eigenvalue weighted by atomic mass is 10.0. The van der Waals surface area contributed by atoms with Crippen LogP contribution in [0.1, 0.15) is 18.5 Å². The number of nitrogens with one attached hydrogen (secondary N) is 2. The van der Waals surface area contributed by atoms with Crippen molar-refractivity contribution in [1.82, 2.24) is 10.3 Å². The first-order valence-electron chi connectivity index (χ1n) is 9.49. The van der Waals surface area contributed by atoms with E-state index in [4.69, 9.17) is 4.74 Å². The van der Waals surface area contributed by atoms with Gasteiger partial charge in [0.1, 0.15) is 11.2 Å². The largest absolute Gasteiger partial charge is 0.455 e. The van der Waals surface area contributed by atoms with Crippen LogP contribution in [0.5, 0.6) is 11.5 Å². The van der Waals surface area contributed by atoms with E-state index in [1.165, 1.54) is 0 Å². The number of nitrogens with zero attached hydrogens (tertiary/aromatic N) is 1. The van der Waals surface area contributed by atoms with Crippen LogP contribution in [0.3, 0.4) is 0 Å². The number of hydrogen-bond acceptors (Lipinski definition) is 4. The Morgan fingerprint density at radius 2 is 1.62 bits per heavy atom. The van der Waals surface area contributed by atoms with Gasteiger partial charge < -0.3 is 15.4 Å². The highest BCUT2D eigenvalue weighted by Crippen LogP contribution is 2.47. The highest BCUT2D eigenvalue weighted by Gasteiger charge is 2.56. The lowest BCUT2D eigenvalue weighted by Crippen LogP contribution is -2.39. The van der Waals surface area contributed by atoms with Crippen LogP contribution in [-0.2, 0) is 16.1 Å². The van der Waals surface area contributed by atoms with Gasteiger partial charge in [-0.15, -0.1) is 0 Å². The van der Waals surface area contributed by atoms with E-state index in [0.29, 0.717) is 36.6 Å². The van der Waals surface area contributed by atoms with Crippen LogP contribution in [0, 0.1) is 5.41 Å². The molecule has 2 N–H and O–H groups in total. The summed E-state index contributed by atoms with van der Waals surface area (Å²) in [6.45, 7) is 0.294. The molecule has 0 radical (unpaired) electrons. The van der Waals surface area contributed by atoms with Gasteiger partial charge >= 0.3 is 0 Å². The average Bonchev–Trinajstić information content (AvgIpc) is 3.57. The van der Waals surface area contributed by atoms with Gasteiger partial charge in [0.25, 0.3) is 0 Å². The molecule has 3 aromatic rings. The number of rotatable bonds is 7. The zero-order valence-electron chi connectivity index (χ0n) is 15.8. The van der Waals surface area contributed by atoms with E-state index in [9.17, 15) is 9.59 Å². The molecule has 6 nitrogen and oxygen atoms in total. The smallest absolute Gasteiger partial charge is 0.240 e. The van der Waals surface area contributed by atoms with Crippen LogP contribution < -0.4 is 15.4 Å². The molecule has 1 saturated carbocycles. The lowest BCUT2D eigenvalue weighted by molar-refractivity contribution is -0.134. The van der Waals surface area contributed by atoms with Gasteiger partial charge in [-0.3, -0.25) is 14.6 Å². The molecule has 4 rings (SSSR count). The molecule has 1 heterocycles. The minimum atomic E-state index is -1.03. The summed E-state index contributed by atoms with van der Waals surface area (Å²) in [5, 5.41) is 5.70. The van der Waals surface area contributed by atoms with Gasteiger partial charge in [0.05, 0.1) is 17.9 Å². The summed E-state index contributed by atoms with van der Waals surface area (Å²) < 4.78 is 5.89. The molecule has 0 unspecified atom stereocenters. The molecular formula is C23H21N3O3. The number of carbonyl (C=O) groups excluding carboxylic acids is 2. The quantitative estimate of drug-likeness (QED) is 0.603. The highest BCUT2D eigenvalue weighted by atomic mass is 16.5. The van der Waals surface area contributed by atoms with Gasteiger partial charge in [-0.25, -0.2) is 0 Å². The molecule has 0 spiro atoms. The molecule has 0 aliphatic heterocycles. The third-order valence-corrected chi connectivity index (χ3v) is 4.88. The number of carbonyl (C=O) groups is 2. The molecule has 0 saturated heterocycles. The number of hydrogen-bond donors (Lipinski definition) is 2. The molecule has 1 aliphatic carbocycles. The van der Waals surface area contributed by atoms with Gasteiger partial charge in [-0.2, -0.15) is 0 Å². The van der Waals surface area contributed by atoms with Crippen LogP contribution in [-0.4, -0.2) is 16.8 Å². The summed E-state index contributed by atoms with van der Waals surface area (Å²) in [4.78, 5) is 29.8. The second-order valence-electron chi connectivity index (χ2n) is 6.95. The minimum absolute atomic E-state index is 0.276. The Morgan fingerprint density at radius 3 is 2.34 bits per heavy atom. The minimum Gasteiger partial charge on any atom is -0.455 e. The summed E-state index contributed by atoms with van der Waals surface area (Å²) in [5.41, 5.74) is 0.248. The molecule has 0 atom stereocenters. The third kappa shape index (κ3) is 4.27. The topological polar surface area (TPSA) is 80.3 Å². The summed E-state index contributed by atoms with van der Waals surface area (Å²) >= 11 is 0. The van der Waals surface area contributed by atoms with Gasteiger partial charge in [-0.05, 0) is 49.2 Å². The molecule has 0 bridgehead atoms. The number of benzene rings is 2. The first-order chi connectivity index (χ1) is 14.2. The van der Waals surface area contributed by atoms with Gasteiger partial charge in [0.15, 0.2) is 5.75 Å². The molecule has 2 amide bonds. The summed E-state index contributed by atoms with van der Waals surface area (Å²) in [6, 6.07) is 22.0. The van der Waals surface area contributed by atoms with Crippen LogP contribution in [0.25, 0.3) is 0 Å². The standard InChI is InChI=1S/C23H21N3O3/c27-21(25-16-17-8-6-7-15-24-17)23(13-14-23)22(28)26-19-11-4-5-12-20(19)29-18-9-2-1-3-10-18/h1-12,15H,13-14,16H2,(H,25,27)(H,26,28). The Bertz CT molecular complexity index is 1000. The maximum Gasteiger partial charge on any atom is 0.240 e. The van der Waals surface area contributed by atoms with Gasteiger partial charge in [0, 0.05) is 6.20 Å². The van der Waals surface area contributed by atoms with Crippen molar-refractivity contribution in [2.24, 2.45) is 5.41 Å². The van der Waals surface area contributed by atoms with E-state index in [-0.39, 0.29) is 11.8 Å². The lowest BCUT2D eigenvalue weighted by Gasteiger charge is -2.17. The molecule has 29 heavy (non-hydrogen) atoms. The van der Waals surface area contributed by atoms with Crippen molar-refractivity contribution in [3.05, 3.63) is 84.7 Å². The summed E-state index contributed by atoms with van der Waals surface area (Å²) in [5.74, 6) is 0.599. The number of amides is 2. The SMILES string of the molecule is O=C(NCc1ccccn1)C1(C(=O)Nc2ccccc2Oc2ccccc2)CC1. The predicted octanol–water partition coefficient (Wildman–Crippen LogP) is 3.91. The van der Waals surface area contributed by atoms with Crippen molar-refractivity contribution in [2.45, 2.75) is 19.4 Å². The van der Waals surface area contributed by atoms with E-state index in [2.05, 4.69) is 15.6 Å². The highest BCUT2D eigenvalue weighted by molar-refractivity contribution is 6.13. The summed E-state index contributed by atoms with van der Waals surface area (Å²) in [6.07, 6.45) is 2.72. The zero-order valence-corrected chi connectivity index (χ0v) is 15.8. The van der Waals surface area contributed by atoms with E-state index in [1.807, 2.05) is 60.7 Å². The van der Waals surface area contributed by atoms with Crippen LogP contribution in [0.15, 0.2) is 79.0 Å². The number of pyridine rings is 1. The molecule has 1 aliphatic rings. The van der Waals surface area contributed by atoms with Crippen molar-refractivity contribution in [3.63, 3.8) is 0 Å². The molecule has 1 fully saturated rings. The number of aromatic nitrogens is 1. The maximum atomic E-state index is 12.9. The van der Waals surface area contributed by atoms with Crippen LogP contribution >= 0.6 is 0 Å². The van der Waals surface area contributed by atoms with Crippen LogP contribution in [0.4, 0.5) is 5.69 Å². The number of anilines is 1. The van der Waals surface area contributed by atoms with Gasteiger partial charge in [-0.1, -0.05) is 36.4 Å². The molecular weight excluding hydrogens is 366 g/mol. The first-order valence-corrected chi connectivity index (χ1v) is 9.49. The van der Waals surface area contributed by atoms with Crippen molar-refractivity contribution < 1.29 is 14.3 Å². The predicted molar refractivity (Wildman–Crippen MR) is 109 cm³/mol. The average molecular weight is 387 g/mol. The Labute approximate surface area is 168 Å².